The number of furan rings is 1. The zero-order valence-corrected chi connectivity index (χ0v) is 18.0. The summed E-state index contributed by atoms with van der Waals surface area (Å²) >= 11 is 2.44. The lowest BCUT2D eigenvalue weighted by atomic mass is 10.1. The van der Waals surface area contributed by atoms with E-state index in [0.29, 0.717) is 33.9 Å². The van der Waals surface area contributed by atoms with E-state index in [0.717, 1.165) is 5.56 Å². The maximum atomic E-state index is 12.1. The molecule has 158 valence electrons. The molecule has 0 fully saturated rings. The second-order valence-corrected chi connectivity index (χ2v) is 8.08. The van der Waals surface area contributed by atoms with Crippen molar-refractivity contribution < 1.29 is 23.5 Å². The highest BCUT2D eigenvalue weighted by molar-refractivity contribution is 8.01. The number of nitrogens with zero attached hydrogens (tertiary/aromatic N) is 2. The zero-order chi connectivity index (χ0) is 21.3. The Morgan fingerprint density at radius 1 is 1.17 bits per heavy atom. The molecule has 0 saturated carbocycles. The Hall–Kier alpha value is -3.05. The van der Waals surface area contributed by atoms with Crippen molar-refractivity contribution in [3.8, 4) is 11.5 Å². The van der Waals surface area contributed by atoms with Crippen LogP contribution in [0.25, 0.3) is 0 Å². The maximum Gasteiger partial charge on any atom is 0.293 e. The second-order valence-electron chi connectivity index (χ2n) is 5.88. The number of carbonyl (C=O) groups excluding carboxylic acids is 2. The van der Waals surface area contributed by atoms with Gasteiger partial charge >= 0.3 is 0 Å². The molecule has 0 aliphatic carbocycles. The fourth-order valence-electron chi connectivity index (χ4n) is 2.45. The summed E-state index contributed by atoms with van der Waals surface area (Å²) in [6, 6.07) is 8.84. The molecule has 0 bridgehead atoms. The summed E-state index contributed by atoms with van der Waals surface area (Å²) in [7, 11) is 3.17. The molecule has 0 saturated heterocycles. The summed E-state index contributed by atoms with van der Waals surface area (Å²) in [5.74, 6) is 1.19. The van der Waals surface area contributed by atoms with Gasteiger partial charge in [-0.05, 0) is 36.2 Å². The van der Waals surface area contributed by atoms with Gasteiger partial charge in [0.2, 0.25) is 11.0 Å². The molecule has 0 aliphatic rings. The number of rotatable bonds is 10. The number of ether oxygens (including phenoxy) is 2. The van der Waals surface area contributed by atoms with E-state index in [4.69, 9.17) is 13.9 Å². The van der Waals surface area contributed by atoms with Crippen molar-refractivity contribution in [2.45, 2.75) is 10.8 Å². The van der Waals surface area contributed by atoms with E-state index in [9.17, 15) is 9.59 Å². The summed E-state index contributed by atoms with van der Waals surface area (Å²) < 4.78 is 16.1. The Balaban J connectivity index is 1.40. The first-order chi connectivity index (χ1) is 14.6. The van der Waals surface area contributed by atoms with Gasteiger partial charge in [-0.15, -0.1) is 10.2 Å². The van der Waals surface area contributed by atoms with Crippen LogP contribution in [0.15, 0.2) is 45.4 Å². The minimum Gasteiger partial charge on any atom is -0.493 e. The number of aromatic nitrogens is 2. The predicted molar refractivity (Wildman–Crippen MR) is 114 cm³/mol. The minimum absolute atomic E-state index is 0.114. The highest BCUT2D eigenvalue weighted by Gasteiger charge is 2.13. The number of carbonyl (C=O) groups is 2. The molecule has 1 aromatic carbocycles. The van der Waals surface area contributed by atoms with E-state index >= 15 is 0 Å². The van der Waals surface area contributed by atoms with Gasteiger partial charge in [-0.2, -0.15) is 0 Å². The van der Waals surface area contributed by atoms with E-state index in [-0.39, 0.29) is 17.4 Å². The van der Waals surface area contributed by atoms with Crippen molar-refractivity contribution in [3.63, 3.8) is 0 Å². The molecule has 0 radical (unpaired) electrons. The molecule has 2 amide bonds. The molecule has 3 aromatic rings. The highest BCUT2D eigenvalue weighted by Crippen LogP contribution is 2.28. The van der Waals surface area contributed by atoms with Crippen LogP contribution in [0.1, 0.15) is 16.1 Å². The predicted octanol–water partition coefficient (Wildman–Crippen LogP) is 2.85. The van der Waals surface area contributed by atoms with E-state index in [1.165, 1.54) is 29.4 Å². The van der Waals surface area contributed by atoms with Gasteiger partial charge < -0.3 is 19.2 Å². The van der Waals surface area contributed by atoms with Crippen LogP contribution in [-0.4, -0.2) is 48.5 Å². The van der Waals surface area contributed by atoms with Gasteiger partial charge in [0, 0.05) is 6.54 Å². The fraction of sp³-hybridized carbons (Fsp3) is 0.263. The second kappa shape index (κ2) is 10.6. The Bertz CT molecular complexity index is 991. The summed E-state index contributed by atoms with van der Waals surface area (Å²) in [6.45, 7) is 0.495. The summed E-state index contributed by atoms with van der Waals surface area (Å²) in [5.41, 5.74) is 1.03. The van der Waals surface area contributed by atoms with Crippen LogP contribution in [0.5, 0.6) is 11.5 Å². The Kier molecular flexibility index (Phi) is 7.69. The van der Waals surface area contributed by atoms with E-state index in [2.05, 4.69) is 20.8 Å². The van der Waals surface area contributed by atoms with Crippen molar-refractivity contribution in [2.24, 2.45) is 0 Å². The molecule has 0 atom stereocenters. The van der Waals surface area contributed by atoms with Crippen molar-refractivity contribution in [2.75, 3.05) is 31.8 Å². The molecule has 3 rings (SSSR count). The number of amides is 2. The molecule has 0 unspecified atom stereocenters. The molecule has 30 heavy (non-hydrogen) atoms. The molecular weight excluding hydrogens is 428 g/mol. The first-order valence-electron chi connectivity index (χ1n) is 8.88. The minimum atomic E-state index is -0.402. The molecule has 9 nitrogen and oxygen atoms in total. The van der Waals surface area contributed by atoms with E-state index < -0.39 is 5.91 Å². The Labute approximate surface area is 181 Å². The normalized spacial score (nSPS) is 10.5. The third-order valence-electron chi connectivity index (χ3n) is 3.88. The number of thioether (sulfide) groups is 1. The summed E-state index contributed by atoms with van der Waals surface area (Å²) in [6.07, 6.45) is 2.08. The number of benzene rings is 1. The Morgan fingerprint density at radius 2 is 2.00 bits per heavy atom. The zero-order valence-electron chi connectivity index (χ0n) is 16.3. The summed E-state index contributed by atoms with van der Waals surface area (Å²) in [4.78, 5) is 24.0. The van der Waals surface area contributed by atoms with Crippen molar-refractivity contribution in [1.82, 2.24) is 15.5 Å². The third kappa shape index (κ3) is 5.97. The number of anilines is 1. The Morgan fingerprint density at radius 3 is 2.73 bits per heavy atom. The number of methoxy groups -OCH3 is 2. The topological polar surface area (TPSA) is 116 Å². The van der Waals surface area contributed by atoms with Crippen LogP contribution >= 0.6 is 23.1 Å². The fourth-order valence-corrected chi connectivity index (χ4v) is 4.02. The van der Waals surface area contributed by atoms with Crippen LogP contribution in [0, 0.1) is 0 Å². The number of hydrogen-bond donors (Lipinski definition) is 2. The lowest BCUT2D eigenvalue weighted by Crippen LogP contribution is -2.27. The largest absolute Gasteiger partial charge is 0.493 e. The monoisotopic (exact) mass is 448 g/mol. The first kappa shape index (κ1) is 21.7. The molecule has 2 N–H and O–H groups in total. The lowest BCUT2D eigenvalue weighted by molar-refractivity contribution is -0.118. The van der Waals surface area contributed by atoms with E-state index in [1.54, 1.807) is 26.4 Å². The standard InChI is InChI=1S/C19H20N4O5S2/c1-26-13-6-5-12(10-15(13)27-2)7-8-20-16(24)11-29-19-23-22-18(30-19)21-17(25)14-4-3-9-28-14/h3-6,9-10H,7-8,11H2,1-2H3,(H,20,24)(H,21,22,25). The van der Waals surface area contributed by atoms with Gasteiger partial charge in [0.15, 0.2) is 21.6 Å². The van der Waals surface area contributed by atoms with Crippen molar-refractivity contribution in [3.05, 3.63) is 47.9 Å². The maximum absolute atomic E-state index is 12.1. The number of nitrogens with one attached hydrogen (secondary N) is 2. The van der Waals surface area contributed by atoms with Crippen LogP contribution < -0.4 is 20.1 Å². The molecule has 0 aliphatic heterocycles. The average molecular weight is 449 g/mol. The third-order valence-corrected chi connectivity index (χ3v) is 5.85. The summed E-state index contributed by atoms with van der Waals surface area (Å²) in [5, 5.41) is 13.7. The highest BCUT2D eigenvalue weighted by atomic mass is 32.2. The van der Waals surface area contributed by atoms with Gasteiger partial charge in [-0.25, -0.2) is 0 Å². The number of hydrogen-bond acceptors (Lipinski definition) is 9. The first-order valence-corrected chi connectivity index (χ1v) is 10.7. The van der Waals surface area contributed by atoms with Crippen molar-refractivity contribution >= 4 is 40.0 Å². The van der Waals surface area contributed by atoms with Gasteiger partial charge in [0.25, 0.3) is 5.91 Å². The van der Waals surface area contributed by atoms with Gasteiger partial charge in [0.05, 0.1) is 26.2 Å². The molecule has 11 heteroatoms. The molecule has 2 heterocycles. The van der Waals surface area contributed by atoms with Crippen molar-refractivity contribution in [1.29, 1.82) is 0 Å². The van der Waals surface area contributed by atoms with E-state index in [1.807, 2.05) is 18.2 Å². The average Bonchev–Trinajstić information content (AvgIpc) is 3.44. The van der Waals surface area contributed by atoms with Gasteiger partial charge in [-0.1, -0.05) is 29.2 Å². The van der Waals surface area contributed by atoms with Gasteiger partial charge in [0.1, 0.15) is 0 Å². The van der Waals surface area contributed by atoms with Crippen LogP contribution in [-0.2, 0) is 11.2 Å². The van der Waals surface area contributed by atoms with Crippen LogP contribution in [0.2, 0.25) is 0 Å². The lowest BCUT2D eigenvalue weighted by Gasteiger charge is -2.10. The quantitative estimate of drug-likeness (QED) is 0.359. The van der Waals surface area contributed by atoms with Crippen LogP contribution in [0.4, 0.5) is 5.13 Å². The van der Waals surface area contributed by atoms with Gasteiger partial charge in [-0.3, -0.25) is 14.9 Å². The molecule has 2 aromatic heterocycles. The smallest absolute Gasteiger partial charge is 0.293 e. The van der Waals surface area contributed by atoms with Crippen LogP contribution in [0.3, 0.4) is 0 Å². The molecular formula is C19H20N4O5S2. The molecule has 0 spiro atoms. The SMILES string of the molecule is COc1ccc(CCNC(=O)CSc2nnc(NC(=O)c3ccco3)s2)cc1OC.